The number of amides is 1. The molecule has 6 nitrogen and oxygen atoms in total. The normalized spacial score (nSPS) is 20.9. The van der Waals surface area contributed by atoms with Gasteiger partial charge in [0, 0.05) is 31.3 Å². The average molecular weight is 274 g/mol. The van der Waals surface area contributed by atoms with Gasteiger partial charge in [0.25, 0.3) is 0 Å². The molecule has 6 heteroatoms. The molecule has 2 aromatic rings. The molecule has 0 saturated heterocycles. The first-order chi connectivity index (χ1) is 9.56. The van der Waals surface area contributed by atoms with Crippen LogP contribution >= 0.6 is 0 Å². The number of aromatic nitrogens is 3. The van der Waals surface area contributed by atoms with Crippen molar-refractivity contribution < 1.29 is 9.32 Å². The number of hydrogen-bond acceptors (Lipinski definition) is 4. The highest BCUT2D eigenvalue weighted by Gasteiger charge is 2.44. The number of nitrogens with zero attached hydrogens (tertiary/aromatic N) is 3. The van der Waals surface area contributed by atoms with Gasteiger partial charge in [-0.25, -0.2) is 0 Å². The monoisotopic (exact) mass is 274 g/mol. The second-order valence-electron chi connectivity index (χ2n) is 5.42. The molecule has 1 aliphatic rings. The summed E-state index contributed by atoms with van der Waals surface area (Å²) in [6.07, 6.45) is 4.72. The predicted octanol–water partition coefficient (Wildman–Crippen LogP) is 1.44. The van der Waals surface area contributed by atoms with Gasteiger partial charge in [0.2, 0.25) is 5.91 Å². The van der Waals surface area contributed by atoms with Crippen LogP contribution in [0.2, 0.25) is 0 Å². The summed E-state index contributed by atoms with van der Waals surface area (Å²) in [5.41, 5.74) is 2.95. The Balaban J connectivity index is 1.57. The number of aryl methyl sites for hydroxylation is 3. The van der Waals surface area contributed by atoms with Crippen LogP contribution < -0.4 is 5.32 Å². The van der Waals surface area contributed by atoms with Crippen LogP contribution in [0.1, 0.15) is 34.9 Å². The molecule has 106 valence electrons. The van der Waals surface area contributed by atoms with Gasteiger partial charge in [-0.2, -0.15) is 5.10 Å². The Morgan fingerprint density at radius 3 is 2.95 bits per heavy atom. The fourth-order valence-corrected chi connectivity index (χ4v) is 2.55. The third-order valence-electron chi connectivity index (χ3n) is 3.90. The third-order valence-corrected chi connectivity index (χ3v) is 3.90. The number of nitrogens with one attached hydrogen (secondary N) is 1. The van der Waals surface area contributed by atoms with E-state index in [1.54, 1.807) is 4.68 Å². The van der Waals surface area contributed by atoms with Crippen LogP contribution in [0.15, 0.2) is 16.9 Å². The Bertz CT molecular complexity index is 624. The molecule has 2 heterocycles. The smallest absolute Gasteiger partial charge is 0.224 e. The van der Waals surface area contributed by atoms with E-state index >= 15 is 0 Å². The number of carbonyl (C=O) groups excluding carboxylic acids is 1. The zero-order valence-electron chi connectivity index (χ0n) is 11.9. The minimum Gasteiger partial charge on any atom is -0.361 e. The van der Waals surface area contributed by atoms with E-state index in [4.69, 9.17) is 4.52 Å². The van der Waals surface area contributed by atoms with Crippen LogP contribution in [0.5, 0.6) is 0 Å². The van der Waals surface area contributed by atoms with Crippen molar-refractivity contribution in [3.05, 3.63) is 35.0 Å². The molecule has 1 fully saturated rings. The molecule has 0 aromatic carbocycles. The molecule has 0 unspecified atom stereocenters. The van der Waals surface area contributed by atoms with E-state index in [-0.39, 0.29) is 11.8 Å². The van der Waals surface area contributed by atoms with Gasteiger partial charge in [-0.15, -0.1) is 0 Å². The molecule has 1 amide bonds. The van der Waals surface area contributed by atoms with Crippen LogP contribution in [0.25, 0.3) is 0 Å². The first-order valence-corrected chi connectivity index (χ1v) is 6.74. The Hall–Kier alpha value is -2.11. The van der Waals surface area contributed by atoms with E-state index in [1.165, 1.54) is 0 Å². The molecule has 0 bridgehead atoms. The van der Waals surface area contributed by atoms with Gasteiger partial charge in [0.05, 0.1) is 11.9 Å². The lowest BCUT2D eigenvalue weighted by molar-refractivity contribution is -0.122. The van der Waals surface area contributed by atoms with Crippen LogP contribution in [-0.4, -0.2) is 20.8 Å². The van der Waals surface area contributed by atoms with Crippen molar-refractivity contribution in [1.29, 1.82) is 0 Å². The maximum Gasteiger partial charge on any atom is 0.224 e. The van der Waals surface area contributed by atoms with Gasteiger partial charge in [-0.05, 0) is 31.7 Å². The lowest BCUT2D eigenvalue weighted by Gasteiger charge is -2.04. The molecular weight excluding hydrogens is 256 g/mol. The second-order valence-corrected chi connectivity index (χ2v) is 5.42. The molecule has 2 aromatic heterocycles. The quantitative estimate of drug-likeness (QED) is 0.915. The topological polar surface area (TPSA) is 73.0 Å². The summed E-state index contributed by atoms with van der Waals surface area (Å²) < 4.78 is 6.85. The van der Waals surface area contributed by atoms with Gasteiger partial charge in [0.15, 0.2) is 0 Å². The van der Waals surface area contributed by atoms with E-state index in [0.29, 0.717) is 12.5 Å². The van der Waals surface area contributed by atoms with Crippen molar-refractivity contribution >= 4 is 5.91 Å². The zero-order valence-corrected chi connectivity index (χ0v) is 11.9. The lowest BCUT2D eigenvalue weighted by atomic mass is 10.2. The molecule has 1 N–H and O–H groups in total. The summed E-state index contributed by atoms with van der Waals surface area (Å²) in [7, 11) is 1.89. The highest BCUT2D eigenvalue weighted by molar-refractivity contribution is 5.82. The zero-order chi connectivity index (χ0) is 14.3. The van der Waals surface area contributed by atoms with E-state index in [0.717, 1.165) is 29.0 Å². The van der Waals surface area contributed by atoms with E-state index < -0.39 is 0 Å². The van der Waals surface area contributed by atoms with Crippen LogP contribution in [-0.2, 0) is 18.4 Å². The first kappa shape index (κ1) is 12.9. The molecule has 0 radical (unpaired) electrons. The van der Waals surface area contributed by atoms with Crippen molar-refractivity contribution in [3.8, 4) is 0 Å². The summed E-state index contributed by atoms with van der Waals surface area (Å²) in [4.78, 5) is 12.1. The van der Waals surface area contributed by atoms with Gasteiger partial charge >= 0.3 is 0 Å². The lowest BCUT2D eigenvalue weighted by Crippen LogP contribution is -2.25. The van der Waals surface area contributed by atoms with E-state index in [2.05, 4.69) is 15.6 Å². The van der Waals surface area contributed by atoms with Crippen molar-refractivity contribution in [1.82, 2.24) is 20.3 Å². The molecule has 1 saturated carbocycles. The maximum absolute atomic E-state index is 12.1. The molecule has 2 atom stereocenters. The van der Waals surface area contributed by atoms with Crippen molar-refractivity contribution in [2.75, 3.05) is 0 Å². The van der Waals surface area contributed by atoms with Gasteiger partial charge in [0.1, 0.15) is 5.76 Å². The van der Waals surface area contributed by atoms with E-state index in [1.807, 2.05) is 33.3 Å². The molecule has 0 spiro atoms. The van der Waals surface area contributed by atoms with Gasteiger partial charge in [-0.1, -0.05) is 5.16 Å². The Morgan fingerprint density at radius 2 is 2.35 bits per heavy atom. The molecule has 0 aliphatic heterocycles. The summed E-state index contributed by atoms with van der Waals surface area (Å²) in [6.45, 7) is 4.22. The summed E-state index contributed by atoms with van der Waals surface area (Å²) in [5, 5.41) is 11.0. The van der Waals surface area contributed by atoms with Crippen LogP contribution in [0.4, 0.5) is 0 Å². The second kappa shape index (κ2) is 4.77. The third kappa shape index (κ3) is 2.33. The first-order valence-electron chi connectivity index (χ1n) is 6.74. The highest BCUT2D eigenvalue weighted by Crippen LogP contribution is 2.47. The summed E-state index contributed by atoms with van der Waals surface area (Å²) in [5.74, 6) is 1.24. The Labute approximate surface area is 117 Å². The molecular formula is C14H18N4O2. The number of carbonyl (C=O) groups is 1. The van der Waals surface area contributed by atoms with E-state index in [9.17, 15) is 4.79 Å². The molecule has 1 aliphatic carbocycles. The predicted molar refractivity (Wildman–Crippen MR) is 71.9 cm³/mol. The Kier molecular flexibility index (Phi) is 3.08. The number of hydrogen-bond donors (Lipinski definition) is 1. The Morgan fingerprint density at radius 1 is 1.55 bits per heavy atom. The minimum absolute atomic E-state index is 0.0691. The summed E-state index contributed by atoms with van der Waals surface area (Å²) in [6, 6.07) is 0. The fraction of sp³-hybridized carbons (Fsp3) is 0.500. The van der Waals surface area contributed by atoms with Crippen molar-refractivity contribution in [2.24, 2.45) is 13.0 Å². The maximum atomic E-state index is 12.1. The molecule has 3 rings (SSSR count). The largest absolute Gasteiger partial charge is 0.361 e. The van der Waals surface area contributed by atoms with Crippen molar-refractivity contribution in [3.63, 3.8) is 0 Å². The average Bonchev–Trinajstić information content (AvgIpc) is 3.01. The minimum atomic E-state index is 0.0691. The van der Waals surface area contributed by atoms with Crippen LogP contribution in [0.3, 0.4) is 0 Å². The SMILES string of the molecule is Cc1noc(C)c1CNC(=O)[C@@H]1C[C@H]1c1cnn(C)c1. The fourth-order valence-electron chi connectivity index (χ4n) is 2.55. The van der Waals surface area contributed by atoms with Gasteiger partial charge < -0.3 is 9.84 Å². The standard InChI is InChI=1S/C14H18N4O2/c1-8-13(9(2)20-17-8)6-15-14(19)12-4-11(12)10-5-16-18(3)7-10/h5,7,11-12H,4,6H2,1-3H3,(H,15,19)/t11-,12+/m0/s1. The number of rotatable bonds is 4. The highest BCUT2D eigenvalue weighted by atomic mass is 16.5. The van der Waals surface area contributed by atoms with Crippen molar-refractivity contribution in [2.45, 2.75) is 32.7 Å². The van der Waals surface area contributed by atoms with Crippen LogP contribution in [0, 0.1) is 19.8 Å². The van der Waals surface area contributed by atoms with Gasteiger partial charge in [-0.3, -0.25) is 9.48 Å². The summed E-state index contributed by atoms with van der Waals surface area (Å²) >= 11 is 0. The molecule has 20 heavy (non-hydrogen) atoms.